The summed E-state index contributed by atoms with van der Waals surface area (Å²) in [5, 5.41) is 12.5. The SMILES string of the molecule is CCOC(=O)c1c(NC(=O)CSc2nnc(COc3ccc(C(C)C)cc3)n2CC)sc(C)c1C. The molecule has 0 unspecified atom stereocenters. The molecule has 0 saturated carbocycles. The van der Waals surface area contributed by atoms with E-state index in [-0.39, 0.29) is 24.9 Å². The molecule has 0 radical (unpaired) electrons. The van der Waals surface area contributed by atoms with Crippen molar-refractivity contribution in [1.29, 1.82) is 0 Å². The highest BCUT2D eigenvalue weighted by Gasteiger charge is 2.22. The van der Waals surface area contributed by atoms with Crippen molar-refractivity contribution >= 4 is 40.0 Å². The molecule has 10 heteroatoms. The highest BCUT2D eigenvalue weighted by Crippen LogP contribution is 2.33. The van der Waals surface area contributed by atoms with E-state index in [4.69, 9.17) is 9.47 Å². The number of anilines is 1. The molecule has 3 aromatic rings. The zero-order valence-electron chi connectivity index (χ0n) is 21.0. The molecule has 0 bridgehead atoms. The van der Waals surface area contributed by atoms with Gasteiger partial charge in [0.2, 0.25) is 5.91 Å². The van der Waals surface area contributed by atoms with E-state index in [1.165, 1.54) is 28.7 Å². The van der Waals surface area contributed by atoms with Crippen LogP contribution in [0, 0.1) is 13.8 Å². The van der Waals surface area contributed by atoms with Gasteiger partial charge in [0.1, 0.15) is 17.4 Å². The van der Waals surface area contributed by atoms with Gasteiger partial charge < -0.3 is 19.4 Å². The van der Waals surface area contributed by atoms with Gasteiger partial charge in [-0.25, -0.2) is 4.79 Å². The number of carbonyl (C=O) groups is 2. The van der Waals surface area contributed by atoms with Crippen molar-refractivity contribution in [3.63, 3.8) is 0 Å². The lowest BCUT2D eigenvalue weighted by Gasteiger charge is -2.10. The number of hydrogen-bond donors (Lipinski definition) is 1. The number of aryl methyl sites for hydroxylation is 1. The summed E-state index contributed by atoms with van der Waals surface area (Å²) in [5.41, 5.74) is 2.50. The minimum absolute atomic E-state index is 0.133. The van der Waals surface area contributed by atoms with Crippen molar-refractivity contribution < 1.29 is 19.1 Å². The third-order valence-electron chi connectivity index (χ3n) is 5.47. The second kappa shape index (κ2) is 12.2. The highest BCUT2D eigenvalue weighted by molar-refractivity contribution is 7.99. The van der Waals surface area contributed by atoms with E-state index in [0.29, 0.717) is 34.0 Å². The average molecular weight is 517 g/mol. The van der Waals surface area contributed by atoms with Gasteiger partial charge >= 0.3 is 5.97 Å². The van der Waals surface area contributed by atoms with Gasteiger partial charge in [0.25, 0.3) is 0 Å². The van der Waals surface area contributed by atoms with Crippen molar-refractivity contribution in [3.05, 3.63) is 51.7 Å². The Bertz CT molecular complexity index is 1170. The van der Waals surface area contributed by atoms with E-state index in [9.17, 15) is 9.59 Å². The molecule has 1 aromatic carbocycles. The smallest absolute Gasteiger partial charge is 0.341 e. The van der Waals surface area contributed by atoms with E-state index in [1.807, 2.05) is 37.5 Å². The lowest BCUT2D eigenvalue weighted by atomic mass is 10.0. The van der Waals surface area contributed by atoms with Crippen LogP contribution >= 0.6 is 23.1 Å². The highest BCUT2D eigenvalue weighted by atomic mass is 32.2. The quantitative estimate of drug-likeness (QED) is 0.262. The van der Waals surface area contributed by atoms with Gasteiger partial charge in [-0.3, -0.25) is 4.79 Å². The van der Waals surface area contributed by atoms with Crippen LogP contribution in [0.4, 0.5) is 5.00 Å². The Morgan fingerprint density at radius 1 is 1.14 bits per heavy atom. The van der Waals surface area contributed by atoms with Crippen LogP contribution in [-0.2, 0) is 22.7 Å². The fraction of sp³-hybridized carbons (Fsp3) is 0.440. The number of aromatic nitrogens is 3. The standard InChI is InChI=1S/C25H32N4O4S2/c1-7-29-20(13-33-19-11-9-18(10-12-19)15(3)4)27-28-25(29)34-14-21(30)26-23-22(24(31)32-8-2)16(5)17(6)35-23/h9-12,15H,7-8,13-14H2,1-6H3,(H,26,30). The number of ether oxygens (including phenoxy) is 2. The van der Waals surface area contributed by atoms with Crippen molar-refractivity contribution in [2.75, 3.05) is 17.7 Å². The van der Waals surface area contributed by atoms with Crippen LogP contribution in [0.25, 0.3) is 0 Å². The van der Waals surface area contributed by atoms with Gasteiger partial charge in [0.15, 0.2) is 11.0 Å². The maximum Gasteiger partial charge on any atom is 0.341 e. The van der Waals surface area contributed by atoms with Crippen LogP contribution < -0.4 is 10.1 Å². The molecule has 2 heterocycles. The second-order valence-corrected chi connectivity index (χ2v) is 10.4. The fourth-order valence-corrected chi connectivity index (χ4v) is 5.29. The first kappa shape index (κ1) is 26.7. The first-order valence-electron chi connectivity index (χ1n) is 11.6. The molecule has 0 saturated heterocycles. The number of nitrogens with one attached hydrogen (secondary N) is 1. The van der Waals surface area contributed by atoms with Crippen LogP contribution in [0.1, 0.15) is 65.8 Å². The number of carbonyl (C=O) groups excluding carboxylic acids is 2. The third kappa shape index (κ3) is 6.64. The lowest BCUT2D eigenvalue weighted by molar-refractivity contribution is -0.113. The maximum absolute atomic E-state index is 12.7. The number of rotatable bonds is 11. The molecule has 3 rings (SSSR count). The van der Waals surface area contributed by atoms with Crippen molar-refractivity contribution in [3.8, 4) is 5.75 Å². The zero-order chi connectivity index (χ0) is 25.5. The summed E-state index contributed by atoms with van der Waals surface area (Å²) in [7, 11) is 0. The molecule has 35 heavy (non-hydrogen) atoms. The van der Waals surface area contributed by atoms with Gasteiger partial charge in [0, 0.05) is 11.4 Å². The van der Waals surface area contributed by atoms with E-state index in [0.717, 1.165) is 16.2 Å². The third-order valence-corrected chi connectivity index (χ3v) is 7.56. The topological polar surface area (TPSA) is 95.3 Å². The first-order chi connectivity index (χ1) is 16.7. The van der Waals surface area contributed by atoms with Gasteiger partial charge in [0.05, 0.1) is 17.9 Å². The molecule has 0 aliphatic heterocycles. The van der Waals surface area contributed by atoms with Crippen LogP contribution in [-0.4, -0.2) is 39.0 Å². The number of benzene rings is 1. The molecule has 0 fully saturated rings. The van der Waals surface area contributed by atoms with Gasteiger partial charge in [-0.2, -0.15) is 0 Å². The number of thioether (sulfide) groups is 1. The molecule has 1 amide bonds. The minimum atomic E-state index is -0.425. The maximum atomic E-state index is 12.7. The summed E-state index contributed by atoms with van der Waals surface area (Å²) in [6, 6.07) is 8.05. The largest absolute Gasteiger partial charge is 0.486 e. The van der Waals surface area contributed by atoms with E-state index in [1.54, 1.807) is 6.92 Å². The summed E-state index contributed by atoms with van der Waals surface area (Å²) in [4.78, 5) is 26.0. The van der Waals surface area contributed by atoms with Crippen molar-refractivity contribution in [2.45, 2.75) is 65.8 Å². The lowest BCUT2D eigenvalue weighted by Crippen LogP contribution is -2.17. The summed E-state index contributed by atoms with van der Waals surface area (Å²) in [5.74, 6) is 1.41. The Balaban J connectivity index is 1.61. The number of hydrogen-bond acceptors (Lipinski definition) is 8. The number of nitrogens with zero attached hydrogens (tertiary/aromatic N) is 3. The van der Waals surface area contributed by atoms with Gasteiger partial charge in [-0.15, -0.1) is 21.5 Å². The molecule has 0 aliphatic rings. The normalized spacial score (nSPS) is 11.1. The zero-order valence-corrected chi connectivity index (χ0v) is 22.6. The average Bonchev–Trinajstić information content (AvgIpc) is 3.35. The Kier molecular flexibility index (Phi) is 9.33. The number of thiophene rings is 1. The molecule has 1 N–H and O–H groups in total. The van der Waals surface area contributed by atoms with Gasteiger partial charge in [-0.05, 0) is 56.9 Å². The second-order valence-electron chi connectivity index (χ2n) is 8.20. The molecule has 0 atom stereocenters. The Morgan fingerprint density at radius 2 is 1.86 bits per heavy atom. The fourth-order valence-electron chi connectivity index (χ4n) is 3.40. The first-order valence-corrected chi connectivity index (χ1v) is 13.4. The number of amides is 1. The molecule has 8 nitrogen and oxygen atoms in total. The molecular formula is C25H32N4O4S2. The molecule has 0 aliphatic carbocycles. The van der Waals surface area contributed by atoms with E-state index >= 15 is 0 Å². The molecule has 2 aromatic heterocycles. The van der Waals surface area contributed by atoms with Crippen molar-refractivity contribution in [1.82, 2.24) is 14.8 Å². The summed E-state index contributed by atoms with van der Waals surface area (Å²) in [6.45, 7) is 13.0. The summed E-state index contributed by atoms with van der Waals surface area (Å²) < 4.78 is 13.0. The Labute approximate surface area is 214 Å². The van der Waals surface area contributed by atoms with Crippen LogP contribution in [0.5, 0.6) is 5.75 Å². The summed E-state index contributed by atoms with van der Waals surface area (Å²) >= 11 is 2.66. The molecule has 0 spiro atoms. The van der Waals surface area contributed by atoms with Gasteiger partial charge in [-0.1, -0.05) is 37.7 Å². The monoisotopic (exact) mass is 516 g/mol. The predicted molar refractivity (Wildman–Crippen MR) is 140 cm³/mol. The predicted octanol–water partition coefficient (Wildman–Crippen LogP) is 5.59. The minimum Gasteiger partial charge on any atom is -0.486 e. The van der Waals surface area contributed by atoms with Crippen LogP contribution in [0.3, 0.4) is 0 Å². The van der Waals surface area contributed by atoms with E-state index < -0.39 is 5.97 Å². The molecular weight excluding hydrogens is 484 g/mol. The number of esters is 1. The van der Waals surface area contributed by atoms with Crippen LogP contribution in [0.2, 0.25) is 0 Å². The van der Waals surface area contributed by atoms with Crippen molar-refractivity contribution in [2.24, 2.45) is 0 Å². The Hall–Kier alpha value is -2.85. The molecule has 188 valence electrons. The Morgan fingerprint density at radius 3 is 2.49 bits per heavy atom. The summed E-state index contributed by atoms with van der Waals surface area (Å²) in [6.07, 6.45) is 0. The van der Waals surface area contributed by atoms with E-state index in [2.05, 4.69) is 41.5 Å². The van der Waals surface area contributed by atoms with Crippen LogP contribution in [0.15, 0.2) is 29.4 Å².